The Balaban J connectivity index is 1.70. The summed E-state index contributed by atoms with van der Waals surface area (Å²) in [4.78, 5) is 26.0. The maximum atomic E-state index is 12.5. The van der Waals surface area contributed by atoms with Gasteiger partial charge in [-0.15, -0.1) is 0 Å². The van der Waals surface area contributed by atoms with Gasteiger partial charge < -0.3 is 14.6 Å². The lowest BCUT2D eigenvalue weighted by Gasteiger charge is -2.35. The monoisotopic (exact) mass is 319 g/mol. The first kappa shape index (κ1) is 15.8. The molecule has 1 aliphatic carbocycles. The van der Waals surface area contributed by atoms with E-state index in [-0.39, 0.29) is 25.2 Å². The molecule has 1 heterocycles. The summed E-state index contributed by atoms with van der Waals surface area (Å²) >= 11 is 0. The minimum absolute atomic E-state index is 0.0571. The highest BCUT2D eigenvalue weighted by molar-refractivity contribution is 5.83. The van der Waals surface area contributed by atoms with E-state index in [1.165, 1.54) is 4.90 Å². The van der Waals surface area contributed by atoms with Crippen LogP contribution in [0, 0.1) is 5.92 Å². The van der Waals surface area contributed by atoms with E-state index in [2.05, 4.69) is 0 Å². The lowest BCUT2D eigenvalue weighted by atomic mass is 9.98. The minimum atomic E-state index is -0.647. The van der Waals surface area contributed by atoms with E-state index in [0.29, 0.717) is 12.8 Å². The van der Waals surface area contributed by atoms with E-state index in [0.717, 1.165) is 5.56 Å². The highest BCUT2D eigenvalue weighted by atomic mass is 16.6. The van der Waals surface area contributed by atoms with Gasteiger partial charge in [-0.3, -0.25) is 4.90 Å². The molecule has 3 rings (SSSR count). The maximum absolute atomic E-state index is 12.5. The zero-order chi connectivity index (χ0) is 16.4. The molecule has 0 radical (unpaired) electrons. The van der Waals surface area contributed by atoms with Crippen molar-refractivity contribution >= 4 is 12.1 Å². The number of esters is 1. The SMILES string of the molecule is CCOC(=O)[C@@H]1C2CC([C@@H](O)C2)N1C(=O)OCc1ccccc1. The Hall–Kier alpha value is -2.08. The number of carbonyl (C=O) groups excluding carboxylic acids is 2. The molecular formula is C17H21NO5. The van der Waals surface area contributed by atoms with E-state index in [1.807, 2.05) is 30.3 Å². The van der Waals surface area contributed by atoms with Crippen molar-refractivity contribution in [2.75, 3.05) is 6.61 Å². The highest BCUT2D eigenvalue weighted by Crippen LogP contribution is 2.43. The topological polar surface area (TPSA) is 76.1 Å². The van der Waals surface area contributed by atoms with Gasteiger partial charge in [0.2, 0.25) is 0 Å². The lowest BCUT2D eigenvalue weighted by molar-refractivity contribution is -0.151. The number of carbonyl (C=O) groups is 2. The highest BCUT2D eigenvalue weighted by Gasteiger charge is 2.56. The summed E-state index contributed by atoms with van der Waals surface area (Å²) in [6, 6.07) is 8.34. The second-order valence-electron chi connectivity index (χ2n) is 6.01. The Morgan fingerprint density at radius 2 is 1.96 bits per heavy atom. The number of hydrogen-bond donors (Lipinski definition) is 1. The molecule has 0 aromatic heterocycles. The smallest absolute Gasteiger partial charge is 0.411 e. The number of fused-ring (bicyclic) bond motifs is 2. The van der Waals surface area contributed by atoms with Crippen LogP contribution in [0.15, 0.2) is 30.3 Å². The Bertz CT molecular complexity index is 576. The van der Waals surface area contributed by atoms with Crippen molar-refractivity contribution in [3.63, 3.8) is 0 Å². The molecule has 0 spiro atoms. The van der Waals surface area contributed by atoms with Crippen LogP contribution in [0.4, 0.5) is 4.79 Å². The van der Waals surface area contributed by atoms with Crippen LogP contribution in [-0.4, -0.2) is 46.9 Å². The lowest BCUT2D eigenvalue weighted by Crippen LogP contribution is -2.54. The molecule has 2 bridgehead atoms. The number of ether oxygens (including phenoxy) is 2. The van der Waals surface area contributed by atoms with Crippen molar-refractivity contribution in [1.82, 2.24) is 4.90 Å². The van der Waals surface area contributed by atoms with Crippen molar-refractivity contribution in [2.45, 2.75) is 44.6 Å². The molecule has 23 heavy (non-hydrogen) atoms. The third-order valence-corrected chi connectivity index (χ3v) is 4.58. The van der Waals surface area contributed by atoms with Crippen molar-refractivity contribution in [3.05, 3.63) is 35.9 Å². The fourth-order valence-electron chi connectivity index (χ4n) is 3.60. The first-order valence-electron chi connectivity index (χ1n) is 7.95. The standard InChI is InChI=1S/C17H21NO5/c1-2-22-16(20)15-12-8-13(14(19)9-12)18(15)17(21)23-10-11-6-4-3-5-7-11/h3-7,12-15,19H,2,8-10H2,1H3/t12?,13?,14-,15-/m0/s1. The number of amides is 1. The van der Waals surface area contributed by atoms with Crippen molar-refractivity contribution in [1.29, 1.82) is 0 Å². The van der Waals surface area contributed by atoms with Crippen molar-refractivity contribution < 1.29 is 24.2 Å². The molecule has 1 saturated heterocycles. The zero-order valence-electron chi connectivity index (χ0n) is 13.1. The summed E-state index contributed by atoms with van der Waals surface area (Å²) in [5.74, 6) is -0.470. The molecule has 1 aromatic carbocycles. The molecular weight excluding hydrogens is 298 g/mol. The van der Waals surface area contributed by atoms with Gasteiger partial charge in [0.05, 0.1) is 18.8 Å². The van der Waals surface area contributed by atoms with Gasteiger partial charge in [0.25, 0.3) is 0 Å². The molecule has 1 aliphatic heterocycles. The quantitative estimate of drug-likeness (QED) is 0.855. The minimum Gasteiger partial charge on any atom is -0.464 e. The first-order valence-corrected chi connectivity index (χ1v) is 7.95. The van der Waals surface area contributed by atoms with Crippen LogP contribution in [0.5, 0.6) is 0 Å². The van der Waals surface area contributed by atoms with Gasteiger partial charge in [0.15, 0.2) is 0 Å². The number of piperidine rings is 1. The first-order chi connectivity index (χ1) is 11.1. The number of benzene rings is 1. The number of nitrogens with zero attached hydrogens (tertiary/aromatic N) is 1. The Labute approximate surface area is 135 Å². The van der Waals surface area contributed by atoms with Crippen LogP contribution in [0.1, 0.15) is 25.3 Å². The molecule has 6 nitrogen and oxygen atoms in total. The Morgan fingerprint density at radius 3 is 2.65 bits per heavy atom. The fourth-order valence-corrected chi connectivity index (χ4v) is 3.60. The van der Waals surface area contributed by atoms with E-state index in [1.54, 1.807) is 6.92 Å². The van der Waals surface area contributed by atoms with Gasteiger partial charge in [0.1, 0.15) is 12.6 Å². The summed E-state index contributed by atoms with van der Waals surface area (Å²) in [6.45, 7) is 2.14. The Kier molecular flexibility index (Phi) is 4.52. The predicted molar refractivity (Wildman–Crippen MR) is 81.4 cm³/mol. The summed E-state index contributed by atoms with van der Waals surface area (Å²) in [5, 5.41) is 10.1. The van der Waals surface area contributed by atoms with Gasteiger partial charge in [0, 0.05) is 0 Å². The molecule has 4 atom stereocenters. The van der Waals surface area contributed by atoms with Crippen molar-refractivity contribution in [2.24, 2.45) is 5.92 Å². The van der Waals surface area contributed by atoms with Crippen LogP contribution in [0.3, 0.4) is 0 Å². The molecule has 1 aromatic rings. The van der Waals surface area contributed by atoms with E-state index >= 15 is 0 Å². The molecule has 2 unspecified atom stereocenters. The molecule has 124 valence electrons. The van der Waals surface area contributed by atoms with Gasteiger partial charge >= 0.3 is 12.1 Å². The Morgan fingerprint density at radius 1 is 1.22 bits per heavy atom. The average molecular weight is 319 g/mol. The third kappa shape index (κ3) is 3.03. The zero-order valence-corrected chi connectivity index (χ0v) is 13.1. The second-order valence-corrected chi connectivity index (χ2v) is 6.01. The molecule has 1 N–H and O–H groups in total. The average Bonchev–Trinajstić information content (AvgIpc) is 3.10. The third-order valence-electron chi connectivity index (χ3n) is 4.58. The van der Waals surface area contributed by atoms with Crippen molar-refractivity contribution in [3.8, 4) is 0 Å². The maximum Gasteiger partial charge on any atom is 0.411 e. The number of aliphatic hydroxyl groups excluding tert-OH is 1. The van der Waals surface area contributed by atoms with E-state index in [4.69, 9.17) is 9.47 Å². The number of hydrogen-bond acceptors (Lipinski definition) is 5. The van der Waals surface area contributed by atoms with Gasteiger partial charge in [-0.25, -0.2) is 9.59 Å². The molecule has 1 saturated carbocycles. The van der Waals surface area contributed by atoms with Crippen LogP contribution >= 0.6 is 0 Å². The normalized spacial score (nSPS) is 28.7. The summed E-state index contributed by atoms with van der Waals surface area (Å²) in [7, 11) is 0. The van der Waals surface area contributed by atoms with Crippen LogP contribution in [0.25, 0.3) is 0 Å². The van der Waals surface area contributed by atoms with E-state index in [9.17, 15) is 14.7 Å². The number of rotatable bonds is 4. The summed E-state index contributed by atoms with van der Waals surface area (Å²) in [6.07, 6.45) is -0.0325. The summed E-state index contributed by atoms with van der Waals surface area (Å²) in [5.41, 5.74) is 0.874. The van der Waals surface area contributed by atoms with Gasteiger partial charge in [-0.1, -0.05) is 30.3 Å². The fraction of sp³-hybridized carbons (Fsp3) is 0.529. The predicted octanol–water partition coefficient (Wildman–Crippen LogP) is 1.71. The molecule has 2 fully saturated rings. The molecule has 1 amide bonds. The number of likely N-dealkylation sites (tertiary alicyclic amines) is 1. The van der Waals surface area contributed by atoms with Gasteiger partial charge in [-0.05, 0) is 31.2 Å². The van der Waals surface area contributed by atoms with Crippen LogP contribution in [0.2, 0.25) is 0 Å². The molecule has 2 aliphatic rings. The second kappa shape index (κ2) is 6.58. The van der Waals surface area contributed by atoms with Gasteiger partial charge in [-0.2, -0.15) is 0 Å². The van der Waals surface area contributed by atoms with Crippen LogP contribution in [-0.2, 0) is 20.9 Å². The summed E-state index contributed by atoms with van der Waals surface area (Å²) < 4.78 is 10.4. The van der Waals surface area contributed by atoms with E-state index < -0.39 is 24.2 Å². The van der Waals surface area contributed by atoms with Crippen LogP contribution < -0.4 is 0 Å². The molecule has 6 heteroatoms. The largest absolute Gasteiger partial charge is 0.464 e. The number of aliphatic hydroxyl groups is 1.